The minimum atomic E-state index is -0.228. The number of rotatable bonds is 7. The van der Waals surface area contributed by atoms with Crippen molar-refractivity contribution in [1.29, 1.82) is 0 Å². The number of para-hydroxylation sites is 2. The predicted molar refractivity (Wildman–Crippen MR) is 111 cm³/mol. The lowest BCUT2D eigenvalue weighted by atomic mass is 10.2. The maximum absolute atomic E-state index is 12.4. The van der Waals surface area contributed by atoms with Crippen molar-refractivity contribution in [3.63, 3.8) is 0 Å². The van der Waals surface area contributed by atoms with Crippen molar-refractivity contribution in [3.05, 3.63) is 72.4 Å². The molecule has 0 fully saturated rings. The van der Waals surface area contributed by atoms with Crippen LogP contribution in [0.15, 0.2) is 66.9 Å². The van der Waals surface area contributed by atoms with E-state index in [2.05, 4.69) is 15.6 Å². The average molecular weight is 377 g/mol. The van der Waals surface area contributed by atoms with Crippen LogP contribution in [0.3, 0.4) is 0 Å². The Morgan fingerprint density at radius 1 is 1.00 bits per heavy atom. The number of nitrogens with zero attached hydrogens (tertiary/aromatic N) is 1. The Kier molecular flexibility index (Phi) is 6.11. The van der Waals surface area contributed by atoms with E-state index in [1.807, 2.05) is 50.2 Å². The first kappa shape index (κ1) is 19.2. The molecular weight excluding hydrogens is 354 g/mol. The second-order valence-corrected chi connectivity index (χ2v) is 6.40. The number of hydrogen-bond acceptors (Lipinski definition) is 5. The lowest BCUT2D eigenvalue weighted by Crippen LogP contribution is -2.12. The first-order valence-electron chi connectivity index (χ1n) is 8.99. The van der Waals surface area contributed by atoms with Crippen molar-refractivity contribution in [1.82, 2.24) is 4.98 Å². The minimum absolute atomic E-state index is 0.106. The molecule has 3 rings (SSSR count). The monoisotopic (exact) mass is 377 g/mol. The highest BCUT2D eigenvalue weighted by atomic mass is 16.5. The number of carbonyl (C=O) groups is 1. The number of pyridine rings is 1. The fourth-order valence-corrected chi connectivity index (χ4v) is 2.58. The van der Waals surface area contributed by atoms with Crippen LogP contribution in [0.2, 0.25) is 0 Å². The number of ether oxygens (including phenoxy) is 2. The van der Waals surface area contributed by atoms with Crippen LogP contribution in [-0.4, -0.2) is 24.1 Å². The largest absolute Gasteiger partial charge is 0.495 e. The quantitative estimate of drug-likeness (QED) is 0.614. The molecule has 0 aliphatic rings. The SMILES string of the molecule is COc1ccccc1Nc1ccc(C(=O)Nc2ccc(OC(C)C)cc2)cn1. The number of aromatic nitrogens is 1. The van der Waals surface area contributed by atoms with Crippen molar-refractivity contribution in [2.24, 2.45) is 0 Å². The molecule has 1 aromatic heterocycles. The second kappa shape index (κ2) is 8.90. The van der Waals surface area contributed by atoms with Gasteiger partial charge < -0.3 is 20.1 Å². The molecule has 0 saturated heterocycles. The fourth-order valence-electron chi connectivity index (χ4n) is 2.58. The zero-order chi connectivity index (χ0) is 19.9. The summed E-state index contributed by atoms with van der Waals surface area (Å²) in [6.07, 6.45) is 1.64. The van der Waals surface area contributed by atoms with Gasteiger partial charge in [0.05, 0.1) is 24.5 Å². The Morgan fingerprint density at radius 2 is 1.75 bits per heavy atom. The molecule has 0 spiro atoms. The van der Waals surface area contributed by atoms with Gasteiger partial charge in [0, 0.05) is 11.9 Å². The Labute approximate surface area is 164 Å². The van der Waals surface area contributed by atoms with Crippen LogP contribution in [-0.2, 0) is 0 Å². The van der Waals surface area contributed by atoms with Gasteiger partial charge in [-0.3, -0.25) is 4.79 Å². The van der Waals surface area contributed by atoms with Crippen molar-refractivity contribution in [2.75, 3.05) is 17.7 Å². The van der Waals surface area contributed by atoms with E-state index in [0.29, 0.717) is 17.1 Å². The molecule has 0 aliphatic heterocycles. The summed E-state index contributed by atoms with van der Waals surface area (Å²) in [7, 11) is 1.61. The lowest BCUT2D eigenvalue weighted by Gasteiger charge is -2.11. The third-order valence-corrected chi connectivity index (χ3v) is 3.88. The molecular formula is C22H23N3O3. The number of carbonyl (C=O) groups excluding carboxylic acids is 1. The maximum atomic E-state index is 12.4. The number of nitrogens with one attached hydrogen (secondary N) is 2. The number of benzene rings is 2. The molecule has 0 atom stereocenters. The highest BCUT2D eigenvalue weighted by molar-refractivity contribution is 6.04. The number of anilines is 3. The third kappa shape index (κ3) is 5.01. The molecule has 6 nitrogen and oxygen atoms in total. The first-order chi connectivity index (χ1) is 13.5. The normalized spacial score (nSPS) is 10.4. The summed E-state index contributed by atoms with van der Waals surface area (Å²) < 4.78 is 10.9. The smallest absolute Gasteiger partial charge is 0.257 e. The lowest BCUT2D eigenvalue weighted by molar-refractivity contribution is 0.102. The molecule has 0 bridgehead atoms. The Bertz CT molecular complexity index is 923. The minimum Gasteiger partial charge on any atom is -0.495 e. The van der Waals surface area contributed by atoms with E-state index in [1.165, 1.54) is 6.20 Å². The summed E-state index contributed by atoms with van der Waals surface area (Å²) >= 11 is 0. The zero-order valence-corrected chi connectivity index (χ0v) is 16.1. The van der Waals surface area contributed by atoms with Gasteiger partial charge in [-0.05, 0) is 62.4 Å². The molecule has 28 heavy (non-hydrogen) atoms. The number of amides is 1. The van der Waals surface area contributed by atoms with Crippen molar-refractivity contribution in [3.8, 4) is 11.5 Å². The van der Waals surface area contributed by atoms with Gasteiger partial charge in [0.25, 0.3) is 5.91 Å². The van der Waals surface area contributed by atoms with Crippen LogP contribution in [0.25, 0.3) is 0 Å². The van der Waals surface area contributed by atoms with Gasteiger partial charge in [-0.2, -0.15) is 0 Å². The van der Waals surface area contributed by atoms with Crippen LogP contribution >= 0.6 is 0 Å². The van der Waals surface area contributed by atoms with E-state index in [1.54, 1.807) is 31.4 Å². The third-order valence-electron chi connectivity index (χ3n) is 3.88. The molecule has 0 radical (unpaired) electrons. The average Bonchev–Trinajstić information content (AvgIpc) is 2.70. The zero-order valence-electron chi connectivity index (χ0n) is 16.1. The summed E-state index contributed by atoms with van der Waals surface area (Å²) in [6, 6.07) is 18.3. The van der Waals surface area contributed by atoms with Crippen LogP contribution in [0.1, 0.15) is 24.2 Å². The van der Waals surface area contributed by atoms with Crippen LogP contribution in [0.5, 0.6) is 11.5 Å². The van der Waals surface area contributed by atoms with Crippen molar-refractivity contribution in [2.45, 2.75) is 20.0 Å². The summed E-state index contributed by atoms with van der Waals surface area (Å²) in [5.41, 5.74) is 1.96. The standard InChI is InChI=1S/C22H23N3O3/c1-15(2)28-18-11-9-17(10-12-18)24-22(26)16-8-13-21(23-14-16)25-19-6-4-5-7-20(19)27-3/h4-15H,1-3H3,(H,23,25)(H,24,26). The number of methoxy groups -OCH3 is 1. The van der Waals surface area contributed by atoms with E-state index < -0.39 is 0 Å². The highest BCUT2D eigenvalue weighted by Crippen LogP contribution is 2.26. The van der Waals surface area contributed by atoms with Crippen molar-refractivity contribution < 1.29 is 14.3 Å². The van der Waals surface area contributed by atoms with Gasteiger partial charge in [-0.25, -0.2) is 4.98 Å². The van der Waals surface area contributed by atoms with Gasteiger partial charge in [0.1, 0.15) is 17.3 Å². The summed E-state index contributed by atoms with van der Waals surface area (Å²) in [4.78, 5) is 16.7. The van der Waals surface area contributed by atoms with Crippen LogP contribution in [0, 0.1) is 0 Å². The fraction of sp³-hybridized carbons (Fsp3) is 0.182. The molecule has 144 valence electrons. The van der Waals surface area contributed by atoms with Gasteiger partial charge in [0.15, 0.2) is 0 Å². The molecule has 1 amide bonds. The van der Waals surface area contributed by atoms with E-state index in [0.717, 1.165) is 17.2 Å². The summed E-state index contributed by atoms with van der Waals surface area (Å²) in [6.45, 7) is 3.93. The first-order valence-corrected chi connectivity index (χ1v) is 8.99. The van der Waals surface area contributed by atoms with Gasteiger partial charge in [-0.1, -0.05) is 12.1 Å². The van der Waals surface area contributed by atoms with E-state index in [9.17, 15) is 4.79 Å². The van der Waals surface area contributed by atoms with E-state index >= 15 is 0 Å². The second-order valence-electron chi connectivity index (χ2n) is 6.40. The summed E-state index contributed by atoms with van der Waals surface area (Å²) in [5.74, 6) is 1.88. The van der Waals surface area contributed by atoms with Crippen LogP contribution < -0.4 is 20.1 Å². The molecule has 2 aromatic carbocycles. The molecule has 0 aliphatic carbocycles. The van der Waals surface area contributed by atoms with Gasteiger partial charge >= 0.3 is 0 Å². The Morgan fingerprint density at radius 3 is 2.39 bits per heavy atom. The maximum Gasteiger partial charge on any atom is 0.257 e. The molecule has 1 heterocycles. The summed E-state index contributed by atoms with van der Waals surface area (Å²) in [5, 5.41) is 6.03. The molecule has 2 N–H and O–H groups in total. The Balaban J connectivity index is 1.63. The van der Waals surface area contributed by atoms with Gasteiger partial charge in [-0.15, -0.1) is 0 Å². The molecule has 0 unspecified atom stereocenters. The van der Waals surface area contributed by atoms with E-state index in [4.69, 9.17) is 9.47 Å². The topological polar surface area (TPSA) is 72.5 Å². The molecule has 6 heteroatoms. The Hall–Kier alpha value is -3.54. The predicted octanol–water partition coefficient (Wildman–Crippen LogP) is 4.87. The van der Waals surface area contributed by atoms with Crippen molar-refractivity contribution >= 4 is 23.1 Å². The van der Waals surface area contributed by atoms with Crippen LogP contribution in [0.4, 0.5) is 17.2 Å². The molecule has 3 aromatic rings. The van der Waals surface area contributed by atoms with Gasteiger partial charge in [0.2, 0.25) is 0 Å². The number of hydrogen-bond donors (Lipinski definition) is 2. The van der Waals surface area contributed by atoms with E-state index in [-0.39, 0.29) is 12.0 Å². The highest BCUT2D eigenvalue weighted by Gasteiger charge is 2.08. The molecule has 0 saturated carbocycles.